The Morgan fingerprint density at radius 1 is 1.06 bits per heavy atom. The number of nitrogens with two attached hydrogens (primary N) is 1. The summed E-state index contributed by atoms with van der Waals surface area (Å²) in [6, 6.07) is 7.09. The van der Waals surface area contributed by atoms with E-state index < -0.39 is 66.7 Å². The second-order valence-corrected chi connectivity index (χ2v) is 10.9. The van der Waals surface area contributed by atoms with E-state index in [1.165, 1.54) is 31.1 Å². The molecule has 0 radical (unpaired) electrons. The first-order valence-electron chi connectivity index (χ1n) is 14.9. The van der Waals surface area contributed by atoms with Crippen LogP contribution in [-0.2, 0) is 38.1 Å². The first-order chi connectivity index (χ1) is 23.3. The molecule has 1 fully saturated rings. The van der Waals surface area contributed by atoms with Crippen LogP contribution >= 0.6 is 0 Å². The Morgan fingerprint density at radius 3 is 2.39 bits per heavy atom. The van der Waals surface area contributed by atoms with Crippen LogP contribution in [0.15, 0.2) is 48.0 Å². The SMILES string of the molecule is COC(=O)[C@H](CC[C@H](CN)C[C@H]1O[C@@H](n2cnc3c(NC(=O)c4ccccc4)ncnc32)C(OC(C)=O)C1OC(C)=O)N=COC(F)(F)F. The Morgan fingerprint density at radius 2 is 1.76 bits per heavy atom. The zero-order chi connectivity index (χ0) is 35.7. The van der Waals surface area contributed by atoms with Crippen molar-refractivity contribution >= 4 is 47.2 Å². The molecule has 3 heterocycles. The maximum absolute atomic E-state index is 12.8. The third kappa shape index (κ3) is 9.69. The molecule has 1 aliphatic heterocycles. The molecule has 4 rings (SSSR count). The van der Waals surface area contributed by atoms with Crippen molar-refractivity contribution in [2.45, 2.75) is 70.1 Å². The smallest absolute Gasteiger partial charge is 0.467 e. The highest BCUT2D eigenvalue weighted by molar-refractivity contribution is 6.06. The van der Waals surface area contributed by atoms with Crippen molar-refractivity contribution in [1.29, 1.82) is 0 Å². The van der Waals surface area contributed by atoms with Gasteiger partial charge in [-0.05, 0) is 43.9 Å². The maximum atomic E-state index is 12.8. The van der Waals surface area contributed by atoms with Gasteiger partial charge in [-0.2, -0.15) is 0 Å². The van der Waals surface area contributed by atoms with Gasteiger partial charge >= 0.3 is 24.3 Å². The normalized spacial score (nSPS) is 20.5. The lowest BCUT2D eigenvalue weighted by molar-refractivity contribution is -0.280. The number of amides is 1. The number of rotatable bonds is 14. The second kappa shape index (κ2) is 16.3. The molecule has 0 saturated carbocycles. The monoisotopic (exact) mass is 693 g/mol. The van der Waals surface area contributed by atoms with Gasteiger partial charge in [0, 0.05) is 19.4 Å². The molecule has 16 nitrogen and oxygen atoms in total. The Bertz CT molecular complexity index is 1650. The molecule has 3 aromatic rings. The van der Waals surface area contributed by atoms with E-state index in [4.69, 9.17) is 19.9 Å². The molecule has 0 spiro atoms. The lowest BCUT2D eigenvalue weighted by atomic mass is 9.92. The number of halogens is 3. The molecular weight excluding hydrogens is 659 g/mol. The van der Waals surface area contributed by atoms with Gasteiger partial charge in [0.25, 0.3) is 5.91 Å². The molecule has 2 aromatic heterocycles. The van der Waals surface area contributed by atoms with Crippen LogP contribution in [0, 0.1) is 5.92 Å². The van der Waals surface area contributed by atoms with E-state index in [0.717, 1.165) is 7.11 Å². The number of anilines is 1. The summed E-state index contributed by atoms with van der Waals surface area (Å²) in [6.45, 7) is 2.36. The number of methoxy groups -OCH3 is 1. The highest BCUT2D eigenvalue weighted by Gasteiger charge is 2.51. The maximum Gasteiger partial charge on any atom is 0.573 e. The Balaban J connectivity index is 1.59. The number of hydrogen-bond acceptors (Lipinski definition) is 14. The summed E-state index contributed by atoms with van der Waals surface area (Å²) in [6.07, 6.45) is -6.57. The van der Waals surface area contributed by atoms with E-state index in [-0.39, 0.29) is 49.2 Å². The molecule has 0 aliphatic carbocycles. The standard InChI is InChI=1S/C30H34F3N7O9/c1-16(41)47-23-21(11-18(12-34)9-10-20(29(44)45-3)38-15-46-30(31,32)33)49-28(24(23)48-17(2)42)40-14-37-22-25(35-13-36-26(22)40)39-27(43)19-7-5-4-6-8-19/h4-8,13-15,18,20-21,23-24,28H,9-12,34H2,1-3H3,(H,35,36,39,43)/t18-,20-,21+,23?,24?,28+/m0/s1. The molecule has 1 aromatic carbocycles. The van der Waals surface area contributed by atoms with Crippen LogP contribution in [0.5, 0.6) is 0 Å². The number of carbonyl (C=O) groups excluding carboxylic acids is 4. The second-order valence-electron chi connectivity index (χ2n) is 10.9. The fourth-order valence-electron chi connectivity index (χ4n) is 5.28. The molecule has 0 bridgehead atoms. The summed E-state index contributed by atoms with van der Waals surface area (Å²) in [4.78, 5) is 65.8. The van der Waals surface area contributed by atoms with Gasteiger partial charge in [0.05, 0.1) is 13.4 Å². The van der Waals surface area contributed by atoms with Crippen LogP contribution in [-0.4, -0.2) is 94.1 Å². The zero-order valence-electron chi connectivity index (χ0n) is 26.5. The van der Waals surface area contributed by atoms with Crippen LogP contribution in [0.2, 0.25) is 0 Å². The molecule has 264 valence electrons. The Hall–Kier alpha value is -5.17. The van der Waals surface area contributed by atoms with Crippen LogP contribution in [0.1, 0.15) is 49.7 Å². The number of imidazole rings is 1. The Labute approximate surface area is 277 Å². The van der Waals surface area contributed by atoms with E-state index in [9.17, 15) is 32.3 Å². The van der Waals surface area contributed by atoms with Crippen molar-refractivity contribution < 1.29 is 56.0 Å². The largest absolute Gasteiger partial charge is 0.573 e. The fraction of sp³-hybridized carbons (Fsp3) is 0.467. The molecule has 1 saturated heterocycles. The fourth-order valence-corrected chi connectivity index (χ4v) is 5.28. The number of hydrogen-bond donors (Lipinski definition) is 2. The summed E-state index contributed by atoms with van der Waals surface area (Å²) in [5.74, 6) is -3.10. The van der Waals surface area contributed by atoms with Gasteiger partial charge in [-0.1, -0.05) is 18.2 Å². The van der Waals surface area contributed by atoms with Crippen molar-refractivity contribution in [2.75, 3.05) is 19.0 Å². The predicted octanol–water partition coefficient (Wildman–Crippen LogP) is 2.69. The van der Waals surface area contributed by atoms with Crippen molar-refractivity contribution in [2.24, 2.45) is 16.6 Å². The third-order valence-corrected chi connectivity index (χ3v) is 7.44. The van der Waals surface area contributed by atoms with E-state index in [1.807, 2.05) is 0 Å². The number of nitrogens with zero attached hydrogens (tertiary/aromatic N) is 5. The van der Waals surface area contributed by atoms with Gasteiger partial charge in [-0.15, -0.1) is 13.2 Å². The van der Waals surface area contributed by atoms with Crippen LogP contribution in [0.3, 0.4) is 0 Å². The lowest BCUT2D eigenvalue weighted by Gasteiger charge is -2.25. The van der Waals surface area contributed by atoms with Crippen LogP contribution in [0.25, 0.3) is 11.2 Å². The Kier molecular flexibility index (Phi) is 12.2. The van der Waals surface area contributed by atoms with Gasteiger partial charge in [0.15, 0.2) is 47.9 Å². The van der Waals surface area contributed by atoms with Crippen molar-refractivity contribution in [1.82, 2.24) is 19.5 Å². The van der Waals surface area contributed by atoms with Gasteiger partial charge in [-0.25, -0.2) is 24.7 Å². The number of alkyl halides is 3. The number of nitrogens with one attached hydrogen (secondary N) is 1. The topological polar surface area (TPSA) is 208 Å². The van der Waals surface area contributed by atoms with Crippen molar-refractivity contribution in [3.8, 4) is 0 Å². The third-order valence-electron chi connectivity index (χ3n) is 7.44. The summed E-state index contributed by atoms with van der Waals surface area (Å²) in [5.41, 5.74) is 6.78. The van der Waals surface area contributed by atoms with Crippen LogP contribution in [0.4, 0.5) is 19.0 Å². The summed E-state index contributed by atoms with van der Waals surface area (Å²) >= 11 is 0. The molecule has 2 unspecified atom stereocenters. The number of fused-ring (bicyclic) bond motifs is 1. The quantitative estimate of drug-likeness (QED) is 0.108. The van der Waals surface area contributed by atoms with Gasteiger partial charge in [0.2, 0.25) is 0 Å². The minimum Gasteiger partial charge on any atom is -0.467 e. The highest BCUT2D eigenvalue weighted by atomic mass is 19.4. The molecule has 1 amide bonds. The minimum absolute atomic E-state index is 0.0257. The molecule has 3 N–H and O–H groups in total. The molecule has 19 heteroatoms. The van der Waals surface area contributed by atoms with E-state index in [0.29, 0.717) is 5.56 Å². The molecule has 49 heavy (non-hydrogen) atoms. The average molecular weight is 694 g/mol. The zero-order valence-corrected chi connectivity index (χ0v) is 26.5. The van der Waals surface area contributed by atoms with Gasteiger partial charge < -0.3 is 34.7 Å². The summed E-state index contributed by atoms with van der Waals surface area (Å²) in [7, 11) is 1.06. The summed E-state index contributed by atoms with van der Waals surface area (Å²) < 4.78 is 64.4. The highest BCUT2D eigenvalue weighted by Crippen LogP contribution is 2.39. The molecular formula is C30H34F3N7O9. The number of carbonyl (C=O) groups is 4. The van der Waals surface area contributed by atoms with Gasteiger partial charge in [0.1, 0.15) is 12.4 Å². The number of aromatic nitrogens is 4. The van der Waals surface area contributed by atoms with Gasteiger partial charge in [-0.3, -0.25) is 19.0 Å². The predicted molar refractivity (Wildman–Crippen MR) is 163 cm³/mol. The molecule has 6 atom stereocenters. The number of esters is 3. The van der Waals surface area contributed by atoms with Crippen molar-refractivity contribution in [3.05, 3.63) is 48.5 Å². The average Bonchev–Trinajstić information content (AvgIpc) is 3.62. The summed E-state index contributed by atoms with van der Waals surface area (Å²) in [5, 5.41) is 2.70. The van der Waals surface area contributed by atoms with E-state index in [1.54, 1.807) is 30.3 Å². The lowest BCUT2D eigenvalue weighted by Crippen LogP contribution is -2.40. The molecule has 1 aliphatic rings. The number of ether oxygens (including phenoxy) is 5. The van der Waals surface area contributed by atoms with E-state index in [2.05, 4.69) is 34.7 Å². The first-order valence-corrected chi connectivity index (χ1v) is 14.9. The first kappa shape index (κ1) is 36.7. The number of aliphatic imine (C=N–C) groups is 1. The van der Waals surface area contributed by atoms with Crippen molar-refractivity contribution in [3.63, 3.8) is 0 Å². The van der Waals surface area contributed by atoms with E-state index >= 15 is 0 Å². The number of benzene rings is 1. The minimum atomic E-state index is -4.99. The van der Waals surface area contributed by atoms with Crippen LogP contribution < -0.4 is 11.1 Å².